The van der Waals surface area contributed by atoms with Gasteiger partial charge >= 0.3 is 0 Å². The first-order valence-corrected chi connectivity index (χ1v) is 13.5. The second-order valence-electron chi connectivity index (χ2n) is 9.39. The molecule has 1 aliphatic carbocycles. The van der Waals surface area contributed by atoms with Gasteiger partial charge in [-0.3, -0.25) is 4.79 Å². The number of nitrogens with zero attached hydrogens (tertiary/aromatic N) is 1. The van der Waals surface area contributed by atoms with Crippen LogP contribution >= 0.6 is 0 Å². The number of hydrogen-bond acceptors (Lipinski definition) is 4. The fourth-order valence-electron chi connectivity index (χ4n) is 4.77. The van der Waals surface area contributed by atoms with Gasteiger partial charge in [0.05, 0.1) is 5.69 Å². The van der Waals surface area contributed by atoms with E-state index < -0.39 is 10.0 Å². The lowest BCUT2D eigenvalue weighted by molar-refractivity contribution is -0.116. The summed E-state index contributed by atoms with van der Waals surface area (Å²) < 4.78 is 29.3. The Labute approximate surface area is 188 Å². The minimum absolute atomic E-state index is 0.0378. The standard InChI is InChI=1S/C24H39N3O3S/c1-4-18(2)26-31(29,30)23-17-21(25-24(28)15-12-20-10-5-6-11-20)13-14-22(23)27-16-8-7-9-19(27)3/h13-14,17-20,26H,4-12,15-16H2,1-3H3,(H,25,28)/t18-,19-/m0/s1. The van der Waals surface area contributed by atoms with E-state index in [9.17, 15) is 13.2 Å². The van der Waals surface area contributed by atoms with Crippen LogP contribution in [0.5, 0.6) is 0 Å². The van der Waals surface area contributed by atoms with Crippen LogP contribution in [0.3, 0.4) is 0 Å². The summed E-state index contributed by atoms with van der Waals surface area (Å²) in [5.41, 5.74) is 1.28. The molecule has 1 aromatic carbocycles. The van der Waals surface area contributed by atoms with Crippen molar-refractivity contribution in [2.45, 2.75) is 102 Å². The van der Waals surface area contributed by atoms with Crippen LogP contribution in [0.4, 0.5) is 11.4 Å². The number of nitrogens with one attached hydrogen (secondary N) is 2. The van der Waals surface area contributed by atoms with Crippen LogP contribution in [0.25, 0.3) is 0 Å². The molecule has 0 bridgehead atoms. The average molecular weight is 450 g/mol. The van der Waals surface area contributed by atoms with Gasteiger partial charge in [0.1, 0.15) is 4.90 Å². The van der Waals surface area contributed by atoms with Crippen LogP contribution in [0.15, 0.2) is 23.1 Å². The van der Waals surface area contributed by atoms with Crippen molar-refractivity contribution in [3.8, 4) is 0 Å². The zero-order valence-corrected chi connectivity index (χ0v) is 20.1. The van der Waals surface area contributed by atoms with Gasteiger partial charge in [-0.05, 0) is 70.1 Å². The smallest absolute Gasteiger partial charge is 0.242 e. The summed E-state index contributed by atoms with van der Waals surface area (Å²) in [4.78, 5) is 15.0. The zero-order valence-electron chi connectivity index (χ0n) is 19.3. The normalized spacial score (nSPS) is 21.3. The highest BCUT2D eigenvalue weighted by molar-refractivity contribution is 7.89. The summed E-state index contributed by atoms with van der Waals surface area (Å²) in [6.07, 6.45) is 10.4. The second-order valence-corrected chi connectivity index (χ2v) is 11.1. The highest BCUT2D eigenvalue weighted by Gasteiger charge is 2.28. The fourth-order valence-corrected chi connectivity index (χ4v) is 6.34. The van der Waals surface area contributed by atoms with Gasteiger partial charge in [-0.15, -0.1) is 0 Å². The lowest BCUT2D eigenvalue weighted by Gasteiger charge is -2.36. The Morgan fingerprint density at radius 1 is 1.16 bits per heavy atom. The maximum atomic E-state index is 13.3. The summed E-state index contributed by atoms with van der Waals surface area (Å²) in [7, 11) is -3.70. The van der Waals surface area contributed by atoms with E-state index >= 15 is 0 Å². The van der Waals surface area contributed by atoms with Crippen LogP contribution in [0.1, 0.15) is 85.0 Å². The molecule has 2 N–H and O–H groups in total. The summed E-state index contributed by atoms with van der Waals surface area (Å²) in [6, 6.07) is 5.47. The molecule has 2 atom stereocenters. The number of carbonyl (C=O) groups is 1. The molecular formula is C24H39N3O3S. The number of sulfonamides is 1. The van der Waals surface area contributed by atoms with Crippen molar-refractivity contribution in [2.75, 3.05) is 16.8 Å². The molecule has 1 aliphatic heterocycles. The second kappa shape index (κ2) is 10.8. The number of amides is 1. The molecule has 7 heteroatoms. The van der Waals surface area contributed by atoms with E-state index in [1.54, 1.807) is 6.07 Å². The van der Waals surface area contributed by atoms with Gasteiger partial charge in [0.25, 0.3) is 0 Å². The molecule has 31 heavy (non-hydrogen) atoms. The third kappa shape index (κ3) is 6.45. The highest BCUT2D eigenvalue weighted by Crippen LogP contribution is 2.33. The van der Waals surface area contributed by atoms with Gasteiger partial charge in [0, 0.05) is 30.7 Å². The van der Waals surface area contributed by atoms with Crippen LogP contribution < -0.4 is 14.9 Å². The summed E-state index contributed by atoms with van der Waals surface area (Å²) >= 11 is 0. The van der Waals surface area contributed by atoms with E-state index in [4.69, 9.17) is 0 Å². The number of rotatable bonds is 9. The van der Waals surface area contributed by atoms with Crippen LogP contribution in [-0.2, 0) is 14.8 Å². The van der Waals surface area contributed by atoms with Gasteiger partial charge < -0.3 is 10.2 Å². The van der Waals surface area contributed by atoms with Gasteiger partial charge in [-0.1, -0.05) is 32.6 Å². The van der Waals surface area contributed by atoms with Crippen molar-refractivity contribution in [1.82, 2.24) is 4.72 Å². The molecular weight excluding hydrogens is 410 g/mol. The average Bonchev–Trinajstić information content (AvgIpc) is 3.26. The van der Waals surface area contributed by atoms with E-state index in [0.29, 0.717) is 24.4 Å². The van der Waals surface area contributed by atoms with Gasteiger partial charge in [0.2, 0.25) is 15.9 Å². The first-order chi connectivity index (χ1) is 14.8. The molecule has 6 nitrogen and oxygen atoms in total. The van der Waals surface area contributed by atoms with E-state index in [2.05, 4.69) is 21.9 Å². The Balaban J connectivity index is 1.82. The number of anilines is 2. The third-order valence-corrected chi connectivity index (χ3v) is 8.49. The summed E-state index contributed by atoms with van der Waals surface area (Å²) in [6.45, 7) is 6.83. The minimum atomic E-state index is -3.70. The van der Waals surface area contributed by atoms with E-state index in [1.807, 2.05) is 26.0 Å². The molecule has 1 saturated carbocycles. The van der Waals surface area contributed by atoms with Crippen LogP contribution in [0.2, 0.25) is 0 Å². The first kappa shape index (κ1) is 24.1. The van der Waals surface area contributed by atoms with E-state index in [0.717, 1.165) is 31.5 Å². The van der Waals surface area contributed by atoms with Crippen molar-refractivity contribution in [1.29, 1.82) is 0 Å². The molecule has 1 heterocycles. The summed E-state index contributed by atoms with van der Waals surface area (Å²) in [5, 5.41) is 2.94. The predicted octanol–water partition coefficient (Wildman–Crippen LogP) is 5.05. The van der Waals surface area contributed by atoms with Crippen molar-refractivity contribution in [2.24, 2.45) is 5.92 Å². The monoisotopic (exact) mass is 449 g/mol. The number of hydrogen-bond donors (Lipinski definition) is 2. The first-order valence-electron chi connectivity index (χ1n) is 12.0. The maximum absolute atomic E-state index is 13.3. The fraction of sp³-hybridized carbons (Fsp3) is 0.708. The van der Waals surface area contributed by atoms with Crippen molar-refractivity contribution in [3.63, 3.8) is 0 Å². The lowest BCUT2D eigenvalue weighted by Crippen LogP contribution is -2.39. The SMILES string of the molecule is CC[C@H](C)NS(=O)(=O)c1cc(NC(=O)CCC2CCCC2)ccc1N1CCCC[C@@H]1C. The van der Waals surface area contributed by atoms with Crippen LogP contribution in [-0.4, -0.2) is 33.0 Å². The zero-order chi connectivity index (χ0) is 22.4. The van der Waals surface area contributed by atoms with E-state index in [1.165, 1.54) is 32.1 Å². The topological polar surface area (TPSA) is 78.5 Å². The molecule has 0 unspecified atom stereocenters. The third-order valence-electron chi connectivity index (χ3n) is 6.87. The Hall–Kier alpha value is -1.60. The molecule has 2 aliphatic rings. The van der Waals surface area contributed by atoms with Gasteiger partial charge in [-0.2, -0.15) is 0 Å². The Morgan fingerprint density at radius 2 is 1.87 bits per heavy atom. The molecule has 1 aromatic rings. The van der Waals surface area contributed by atoms with Gasteiger partial charge in [-0.25, -0.2) is 13.1 Å². The number of piperidine rings is 1. The van der Waals surface area contributed by atoms with E-state index in [-0.39, 0.29) is 22.9 Å². The summed E-state index contributed by atoms with van der Waals surface area (Å²) in [5.74, 6) is 0.619. The molecule has 0 aromatic heterocycles. The van der Waals surface area contributed by atoms with Crippen molar-refractivity contribution in [3.05, 3.63) is 18.2 Å². The Kier molecular flexibility index (Phi) is 8.39. The Bertz CT molecular complexity index is 850. The van der Waals surface area contributed by atoms with Gasteiger partial charge in [0.15, 0.2) is 0 Å². The number of carbonyl (C=O) groups excluding carboxylic acids is 1. The molecule has 1 amide bonds. The molecule has 3 rings (SSSR count). The quantitative estimate of drug-likeness (QED) is 0.553. The maximum Gasteiger partial charge on any atom is 0.242 e. The predicted molar refractivity (Wildman–Crippen MR) is 127 cm³/mol. The molecule has 0 spiro atoms. The lowest BCUT2D eigenvalue weighted by atomic mass is 10.0. The Morgan fingerprint density at radius 3 is 2.55 bits per heavy atom. The largest absolute Gasteiger partial charge is 0.368 e. The minimum Gasteiger partial charge on any atom is -0.368 e. The molecule has 1 saturated heterocycles. The molecule has 174 valence electrons. The molecule has 0 radical (unpaired) electrons. The van der Waals surface area contributed by atoms with Crippen molar-refractivity contribution < 1.29 is 13.2 Å². The number of benzene rings is 1. The highest BCUT2D eigenvalue weighted by atomic mass is 32.2. The van der Waals surface area contributed by atoms with Crippen LogP contribution in [0, 0.1) is 5.92 Å². The molecule has 2 fully saturated rings. The van der Waals surface area contributed by atoms with Crippen molar-refractivity contribution >= 4 is 27.3 Å².